The molecule has 2 heterocycles. The molecular weight excluding hydrogens is 326 g/mol. The van der Waals surface area contributed by atoms with E-state index in [4.69, 9.17) is 9.47 Å². The van der Waals surface area contributed by atoms with Gasteiger partial charge in [-0.05, 0) is 33.1 Å². The lowest BCUT2D eigenvalue weighted by atomic mass is 10.1. The lowest BCUT2D eigenvalue weighted by Gasteiger charge is -2.24. The van der Waals surface area contributed by atoms with Crippen LogP contribution in [0.25, 0.3) is 0 Å². The molecule has 0 spiro atoms. The van der Waals surface area contributed by atoms with Crippen molar-refractivity contribution >= 4 is 17.8 Å². The molecule has 1 atom stereocenters. The van der Waals surface area contributed by atoms with Crippen molar-refractivity contribution in [3.8, 4) is 0 Å². The van der Waals surface area contributed by atoms with Crippen LogP contribution < -0.4 is 5.32 Å². The van der Waals surface area contributed by atoms with Crippen LogP contribution in [0.2, 0.25) is 0 Å². The van der Waals surface area contributed by atoms with Gasteiger partial charge in [-0.1, -0.05) is 6.92 Å². The van der Waals surface area contributed by atoms with Gasteiger partial charge in [0.2, 0.25) is 0 Å². The molecular formula is C17H25N3O5. The minimum absolute atomic E-state index is 0.179. The summed E-state index contributed by atoms with van der Waals surface area (Å²) in [5, 5.41) is 16.7. The van der Waals surface area contributed by atoms with Crippen molar-refractivity contribution in [3.63, 3.8) is 0 Å². The second-order valence-corrected chi connectivity index (χ2v) is 6.09. The van der Waals surface area contributed by atoms with E-state index >= 15 is 0 Å². The third kappa shape index (κ3) is 5.06. The molecule has 0 bridgehead atoms. The van der Waals surface area contributed by atoms with Crippen LogP contribution in [0.4, 0.5) is 5.82 Å². The molecule has 0 saturated carbocycles. The van der Waals surface area contributed by atoms with Crippen LogP contribution in [0, 0.1) is 6.92 Å². The highest BCUT2D eigenvalue weighted by Crippen LogP contribution is 2.25. The molecule has 138 valence electrons. The SMILES string of the molecule is CCC(C)OC(=O)C(=CNc1cc(C)nn1C1CCOCC1)C(=O)O. The van der Waals surface area contributed by atoms with E-state index < -0.39 is 17.5 Å². The first kappa shape index (κ1) is 19.0. The summed E-state index contributed by atoms with van der Waals surface area (Å²) in [5.74, 6) is -1.56. The molecule has 1 unspecified atom stereocenters. The predicted molar refractivity (Wildman–Crippen MR) is 91.2 cm³/mol. The van der Waals surface area contributed by atoms with Gasteiger partial charge in [-0.3, -0.25) is 0 Å². The fraction of sp³-hybridized carbons (Fsp3) is 0.588. The van der Waals surface area contributed by atoms with Gasteiger partial charge in [0.05, 0.1) is 17.8 Å². The van der Waals surface area contributed by atoms with Crippen molar-refractivity contribution in [3.05, 3.63) is 23.5 Å². The molecule has 0 amide bonds. The molecule has 1 aliphatic rings. The van der Waals surface area contributed by atoms with Crippen LogP contribution in [-0.4, -0.2) is 46.1 Å². The minimum atomic E-state index is -1.34. The first-order valence-electron chi connectivity index (χ1n) is 8.47. The Morgan fingerprint density at radius 2 is 2.20 bits per heavy atom. The smallest absolute Gasteiger partial charge is 0.347 e. The fourth-order valence-corrected chi connectivity index (χ4v) is 2.52. The Morgan fingerprint density at radius 1 is 1.52 bits per heavy atom. The molecule has 2 rings (SSSR count). The van der Waals surface area contributed by atoms with Crippen molar-refractivity contribution in [1.82, 2.24) is 9.78 Å². The third-order valence-corrected chi connectivity index (χ3v) is 4.09. The van der Waals surface area contributed by atoms with Gasteiger partial charge in [0.1, 0.15) is 5.82 Å². The van der Waals surface area contributed by atoms with Crippen molar-refractivity contribution < 1.29 is 24.2 Å². The summed E-state index contributed by atoms with van der Waals surface area (Å²) in [6.07, 6.45) is 3.11. The van der Waals surface area contributed by atoms with Crippen LogP contribution in [0.1, 0.15) is 44.8 Å². The zero-order valence-corrected chi connectivity index (χ0v) is 14.8. The number of rotatable bonds is 7. The lowest BCUT2D eigenvalue weighted by Crippen LogP contribution is -2.23. The number of hydrogen-bond donors (Lipinski definition) is 2. The Bertz CT molecular complexity index is 647. The number of hydrogen-bond acceptors (Lipinski definition) is 6. The Hall–Kier alpha value is -2.35. The van der Waals surface area contributed by atoms with E-state index in [1.165, 1.54) is 6.20 Å². The molecule has 8 heteroatoms. The molecule has 1 aromatic heterocycles. The number of ether oxygens (including phenoxy) is 2. The van der Waals surface area contributed by atoms with Gasteiger partial charge in [-0.2, -0.15) is 5.10 Å². The van der Waals surface area contributed by atoms with Crippen LogP contribution in [0.15, 0.2) is 17.8 Å². The quantitative estimate of drug-likeness (QED) is 0.336. The van der Waals surface area contributed by atoms with Gasteiger partial charge in [0.25, 0.3) is 0 Å². The largest absolute Gasteiger partial charge is 0.477 e. The Balaban J connectivity index is 2.17. The summed E-state index contributed by atoms with van der Waals surface area (Å²) >= 11 is 0. The lowest BCUT2D eigenvalue weighted by molar-refractivity contribution is -0.147. The van der Waals surface area contributed by atoms with E-state index in [-0.39, 0.29) is 12.1 Å². The van der Waals surface area contributed by atoms with E-state index in [0.29, 0.717) is 25.5 Å². The highest BCUT2D eigenvalue weighted by molar-refractivity contribution is 6.13. The summed E-state index contributed by atoms with van der Waals surface area (Å²) in [5.41, 5.74) is 0.360. The summed E-state index contributed by atoms with van der Waals surface area (Å²) in [4.78, 5) is 23.4. The van der Waals surface area contributed by atoms with Gasteiger partial charge in [-0.15, -0.1) is 0 Å². The molecule has 1 aliphatic heterocycles. The number of aromatic nitrogens is 2. The van der Waals surface area contributed by atoms with E-state index in [1.807, 2.05) is 24.6 Å². The number of carbonyl (C=O) groups excluding carboxylic acids is 1. The van der Waals surface area contributed by atoms with Crippen LogP contribution in [0.5, 0.6) is 0 Å². The number of esters is 1. The third-order valence-electron chi connectivity index (χ3n) is 4.09. The highest BCUT2D eigenvalue weighted by atomic mass is 16.5. The Morgan fingerprint density at radius 3 is 2.80 bits per heavy atom. The summed E-state index contributed by atoms with van der Waals surface area (Å²) in [6.45, 7) is 6.77. The molecule has 1 fully saturated rings. The average Bonchev–Trinajstić information content (AvgIpc) is 2.96. The average molecular weight is 351 g/mol. The maximum absolute atomic E-state index is 12.0. The van der Waals surface area contributed by atoms with Crippen molar-refractivity contribution in [2.75, 3.05) is 18.5 Å². The second-order valence-electron chi connectivity index (χ2n) is 6.09. The second kappa shape index (κ2) is 8.66. The molecule has 1 saturated heterocycles. The Kier molecular flexibility index (Phi) is 6.58. The maximum atomic E-state index is 12.0. The van der Waals surface area contributed by atoms with Gasteiger partial charge >= 0.3 is 11.9 Å². The maximum Gasteiger partial charge on any atom is 0.347 e. The number of nitrogens with one attached hydrogen (secondary N) is 1. The van der Waals surface area contributed by atoms with Crippen LogP contribution >= 0.6 is 0 Å². The predicted octanol–water partition coefficient (Wildman–Crippen LogP) is 2.27. The number of carboxylic acids is 1. The zero-order valence-electron chi connectivity index (χ0n) is 14.8. The van der Waals surface area contributed by atoms with Gasteiger partial charge < -0.3 is 19.9 Å². The van der Waals surface area contributed by atoms with Gasteiger partial charge in [0.15, 0.2) is 5.57 Å². The number of carbonyl (C=O) groups is 2. The summed E-state index contributed by atoms with van der Waals surface area (Å²) in [6, 6.07) is 1.99. The zero-order chi connectivity index (χ0) is 18.4. The molecule has 25 heavy (non-hydrogen) atoms. The topological polar surface area (TPSA) is 103 Å². The number of carboxylic acid groups (broad SMARTS) is 1. The van der Waals surface area contributed by atoms with Crippen LogP contribution in [-0.2, 0) is 19.1 Å². The highest BCUT2D eigenvalue weighted by Gasteiger charge is 2.23. The summed E-state index contributed by atoms with van der Waals surface area (Å²) < 4.78 is 12.3. The number of aliphatic carboxylic acids is 1. The van der Waals surface area contributed by atoms with Crippen molar-refractivity contribution in [1.29, 1.82) is 0 Å². The molecule has 2 N–H and O–H groups in total. The molecule has 0 radical (unpaired) electrons. The first-order valence-corrected chi connectivity index (χ1v) is 8.47. The summed E-state index contributed by atoms with van der Waals surface area (Å²) in [7, 11) is 0. The van der Waals surface area contributed by atoms with Gasteiger partial charge in [-0.25, -0.2) is 14.3 Å². The fourth-order valence-electron chi connectivity index (χ4n) is 2.52. The normalized spacial score (nSPS) is 17.2. The Labute approximate surface area is 146 Å². The first-order chi connectivity index (χ1) is 11.9. The number of anilines is 1. The van der Waals surface area contributed by atoms with Crippen molar-refractivity contribution in [2.45, 2.75) is 52.2 Å². The van der Waals surface area contributed by atoms with E-state index in [1.54, 1.807) is 6.92 Å². The van der Waals surface area contributed by atoms with E-state index in [0.717, 1.165) is 18.5 Å². The monoisotopic (exact) mass is 351 g/mol. The number of aryl methyl sites for hydroxylation is 1. The molecule has 8 nitrogen and oxygen atoms in total. The molecule has 0 aromatic carbocycles. The number of nitrogens with zero attached hydrogens (tertiary/aromatic N) is 2. The van der Waals surface area contributed by atoms with Gasteiger partial charge in [0, 0.05) is 25.5 Å². The van der Waals surface area contributed by atoms with Crippen LogP contribution in [0.3, 0.4) is 0 Å². The molecule has 1 aromatic rings. The standard InChI is InChI=1S/C17H25N3O5/c1-4-12(3)25-17(23)14(16(21)22)10-18-15-9-11(2)19-20(15)13-5-7-24-8-6-13/h9-10,12-13,18H,4-8H2,1-3H3,(H,21,22). The molecule has 0 aliphatic carbocycles. The van der Waals surface area contributed by atoms with Crippen molar-refractivity contribution in [2.24, 2.45) is 0 Å². The minimum Gasteiger partial charge on any atom is -0.477 e. The van der Waals surface area contributed by atoms with E-state index in [9.17, 15) is 14.7 Å². The van der Waals surface area contributed by atoms with E-state index in [2.05, 4.69) is 10.4 Å².